The first-order valence-electron chi connectivity index (χ1n) is 6.91. The summed E-state index contributed by atoms with van der Waals surface area (Å²) in [6.07, 6.45) is -3.73. The van der Waals surface area contributed by atoms with E-state index in [1.807, 2.05) is 0 Å². The number of hydrogen-bond acceptors (Lipinski definition) is 2. The van der Waals surface area contributed by atoms with Crippen LogP contribution >= 0.6 is 12.2 Å². The van der Waals surface area contributed by atoms with Gasteiger partial charge in [-0.1, -0.05) is 12.1 Å². The van der Waals surface area contributed by atoms with Crippen LogP contribution in [-0.2, 0) is 12.6 Å². The third-order valence-corrected chi connectivity index (χ3v) is 3.40. The molecule has 0 heterocycles. The molecule has 2 aromatic carbocycles. The maximum absolute atomic E-state index is 12.5. The van der Waals surface area contributed by atoms with Crippen molar-refractivity contribution in [3.05, 3.63) is 59.7 Å². The minimum Gasteiger partial charge on any atom is -0.399 e. The molecule has 122 valence electrons. The summed E-state index contributed by atoms with van der Waals surface area (Å²) >= 11 is 5.15. The Kier molecular flexibility index (Phi) is 5.44. The van der Waals surface area contributed by atoms with Gasteiger partial charge in [0.15, 0.2) is 5.11 Å². The van der Waals surface area contributed by atoms with Gasteiger partial charge in [-0.3, -0.25) is 0 Å². The third-order valence-electron chi connectivity index (χ3n) is 3.15. The summed E-state index contributed by atoms with van der Waals surface area (Å²) in [5.41, 5.74) is 7.23. The number of benzene rings is 2. The zero-order chi connectivity index (χ0) is 16.9. The van der Waals surface area contributed by atoms with Crippen molar-refractivity contribution in [3.8, 4) is 0 Å². The highest BCUT2D eigenvalue weighted by molar-refractivity contribution is 7.80. The van der Waals surface area contributed by atoms with Gasteiger partial charge < -0.3 is 16.4 Å². The van der Waals surface area contributed by atoms with Crippen LogP contribution in [0.2, 0.25) is 0 Å². The van der Waals surface area contributed by atoms with Gasteiger partial charge in [-0.25, -0.2) is 0 Å². The molecule has 2 aromatic rings. The molecule has 0 saturated heterocycles. The minimum absolute atomic E-state index is 0.446. The van der Waals surface area contributed by atoms with Crippen molar-refractivity contribution in [2.24, 2.45) is 0 Å². The van der Waals surface area contributed by atoms with Gasteiger partial charge in [0.1, 0.15) is 0 Å². The van der Waals surface area contributed by atoms with Crippen molar-refractivity contribution in [1.82, 2.24) is 5.32 Å². The Labute approximate surface area is 137 Å². The van der Waals surface area contributed by atoms with Crippen molar-refractivity contribution in [2.75, 3.05) is 17.6 Å². The molecular weight excluding hydrogens is 323 g/mol. The number of rotatable bonds is 4. The van der Waals surface area contributed by atoms with E-state index in [0.717, 1.165) is 23.4 Å². The van der Waals surface area contributed by atoms with E-state index < -0.39 is 11.7 Å². The van der Waals surface area contributed by atoms with E-state index >= 15 is 0 Å². The lowest BCUT2D eigenvalue weighted by Crippen LogP contribution is -2.30. The van der Waals surface area contributed by atoms with E-state index in [9.17, 15) is 13.2 Å². The van der Waals surface area contributed by atoms with Crippen molar-refractivity contribution in [3.63, 3.8) is 0 Å². The smallest absolute Gasteiger partial charge is 0.399 e. The van der Waals surface area contributed by atoms with Gasteiger partial charge >= 0.3 is 6.18 Å². The van der Waals surface area contributed by atoms with E-state index in [-0.39, 0.29) is 0 Å². The van der Waals surface area contributed by atoms with Crippen molar-refractivity contribution in [2.45, 2.75) is 12.6 Å². The Morgan fingerprint density at radius 1 is 1.00 bits per heavy atom. The molecule has 0 amide bonds. The number of alkyl halides is 3. The molecule has 0 saturated carbocycles. The Hall–Kier alpha value is -2.28. The predicted molar refractivity (Wildman–Crippen MR) is 90.2 cm³/mol. The number of halogens is 3. The normalized spacial score (nSPS) is 11.1. The van der Waals surface area contributed by atoms with Gasteiger partial charge in [-0.05, 0) is 60.6 Å². The largest absolute Gasteiger partial charge is 0.416 e. The van der Waals surface area contributed by atoms with Gasteiger partial charge in [0.25, 0.3) is 0 Å². The highest BCUT2D eigenvalue weighted by atomic mass is 32.1. The molecule has 0 fully saturated rings. The predicted octanol–water partition coefficient (Wildman–Crippen LogP) is 3.82. The highest BCUT2D eigenvalue weighted by Gasteiger charge is 2.29. The van der Waals surface area contributed by atoms with E-state index in [0.29, 0.717) is 23.8 Å². The molecule has 7 heteroatoms. The van der Waals surface area contributed by atoms with Crippen LogP contribution in [0.25, 0.3) is 0 Å². The molecular formula is C16H16F3N3S. The molecule has 0 radical (unpaired) electrons. The molecule has 0 aliphatic carbocycles. The summed E-state index contributed by atoms with van der Waals surface area (Å²) < 4.78 is 37.4. The van der Waals surface area contributed by atoms with Gasteiger partial charge in [0.05, 0.1) is 5.56 Å². The summed E-state index contributed by atoms with van der Waals surface area (Å²) in [6, 6.07) is 12.2. The molecule has 0 bridgehead atoms. The first kappa shape index (κ1) is 17.1. The quantitative estimate of drug-likeness (QED) is 0.585. The van der Waals surface area contributed by atoms with Crippen LogP contribution in [0.3, 0.4) is 0 Å². The Morgan fingerprint density at radius 2 is 1.61 bits per heavy atom. The molecule has 0 aromatic heterocycles. The number of thiocarbonyl (C=S) groups is 1. The average molecular weight is 339 g/mol. The second kappa shape index (κ2) is 7.32. The first-order valence-corrected chi connectivity index (χ1v) is 7.32. The topological polar surface area (TPSA) is 50.1 Å². The van der Waals surface area contributed by atoms with Crippen molar-refractivity contribution in [1.29, 1.82) is 0 Å². The van der Waals surface area contributed by atoms with Crippen LogP contribution in [0.4, 0.5) is 24.5 Å². The Balaban J connectivity index is 1.78. The average Bonchev–Trinajstić information content (AvgIpc) is 2.49. The summed E-state index contributed by atoms with van der Waals surface area (Å²) in [7, 11) is 0. The van der Waals surface area contributed by atoms with Gasteiger partial charge in [-0.15, -0.1) is 0 Å². The van der Waals surface area contributed by atoms with Crippen LogP contribution in [0.5, 0.6) is 0 Å². The number of nitrogens with one attached hydrogen (secondary N) is 2. The second-order valence-electron chi connectivity index (χ2n) is 4.95. The lowest BCUT2D eigenvalue weighted by atomic mass is 10.1. The first-order chi connectivity index (χ1) is 10.8. The molecule has 3 nitrogen and oxygen atoms in total. The lowest BCUT2D eigenvalue weighted by Gasteiger charge is -2.11. The summed E-state index contributed by atoms with van der Waals surface area (Å²) in [4.78, 5) is 0. The zero-order valence-electron chi connectivity index (χ0n) is 12.2. The number of anilines is 2. The van der Waals surface area contributed by atoms with Crippen molar-refractivity contribution < 1.29 is 13.2 Å². The monoisotopic (exact) mass is 339 g/mol. The molecule has 0 spiro atoms. The lowest BCUT2D eigenvalue weighted by molar-refractivity contribution is -0.137. The van der Waals surface area contributed by atoms with Crippen LogP contribution in [0.1, 0.15) is 11.1 Å². The van der Waals surface area contributed by atoms with Crippen LogP contribution in [-0.4, -0.2) is 11.7 Å². The fourth-order valence-corrected chi connectivity index (χ4v) is 2.14. The molecule has 0 aliphatic heterocycles. The number of nitrogens with two attached hydrogens (primary N) is 1. The summed E-state index contributed by atoms with van der Waals surface area (Å²) in [5.74, 6) is 0. The van der Waals surface area contributed by atoms with Crippen molar-refractivity contribution >= 4 is 28.7 Å². The molecule has 23 heavy (non-hydrogen) atoms. The summed E-state index contributed by atoms with van der Waals surface area (Å²) in [5, 5.41) is 6.45. The van der Waals surface area contributed by atoms with Gasteiger partial charge in [0.2, 0.25) is 0 Å². The van der Waals surface area contributed by atoms with Crippen LogP contribution < -0.4 is 16.4 Å². The minimum atomic E-state index is -4.30. The van der Waals surface area contributed by atoms with E-state index in [1.54, 1.807) is 24.3 Å². The fourth-order valence-electron chi connectivity index (χ4n) is 1.92. The maximum atomic E-state index is 12.5. The standard InChI is InChI=1S/C16H16F3N3S/c17-16(18,19)12-3-1-11(2-4-12)9-10-21-15(23)22-14-7-5-13(20)6-8-14/h1-8H,9-10,20H2,(H2,21,22,23). The fraction of sp³-hybridized carbons (Fsp3) is 0.188. The molecule has 2 rings (SSSR count). The highest BCUT2D eigenvalue weighted by Crippen LogP contribution is 2.29. The number of hydrogen-bond donors (Lipinski definition) is 3. The van der Waals surface area contributed by atoms with Crippen LogP contribution in [0.15, 0.2) is 48.5 Å². The van der Waals surface area contributed by atoms with Gasteiger partial charge in [-0.2, -0.15) is 13.2 Å². The molecule has 0 unspecified atom stereocenters. The van der Waals surface area contributed by atoms with E-state index in [4.69, 9.17) is 18.0 Å². The molecule has 4 N–H and O–H groups in total. The second-order valence-corrected chi connectivity index (χ2v) is 5.36. The SMILES string of the molecule is Nc1ccc(NC(=S)NCCc2ccc(C(F)(F)F)cc2)cc1. The summed E-state index contributed by atoms with van der Waals surface area (Å²) in [6.45, 7) is 0.520. The number of nitrogen functional groups attached to an aromatic ring is 1. The zero-order valence-corrected chi connectivity index (χ0v) is 13.0. The molecule has 0 aliphatic rings. The molecule has 0 atom stereocenters. The Morgan fingerprint density at radius 3 is 2.17 bits per heavy atom. The van der Waals surface area contributed by atoms with E-state index in [1.165, 1.54) is 12.1 Å². The van der Waals surface area contributed by atoms with Crippen LogP contribution in [0, 0.1) is 0 Å². The Bertz CT molecular complexity index is 652. The van der Waals surface area contributed by atoms with Gasteiger partial charge in [0, 0.05) is 17.9 Å². The third kappa shape index (κ3) is 5.45. The maximum Gasteiger partial charge on any atom is 0.416 e. The van der Waals surface area contributed by atoms with E-state index in [2.05, 4.69) is 10.6 Å².